The summed E-state index contributed by atoms with van der Waals surface area (Å²) in [4.78, 5) is 2.30. The van der Waals surface area contributed by atoms with Gasteiger partial charge in [0.25, 0.3) is 0 Å². The van der Waals surface area contributed by atoms with Crippen molar-refractivity contribution >= 4 is 27.5 Å². The zero-order valence-electron chi connectivity index (χ0n) is 11.5. The standard InChI is InChI=1S/C14H22BrN3/c1-9(2)8-18(10(3)4)13-7-11(15)5-6-12(13)14(16)17/h5-7,9-10H,8H2,1-4H3,(H3,16,17). The van der Waals surface area contributed by atoms with Crippen molar-refractivity contribution in [3.8, 4) is 0 Å². The normalized spacial score (nSPS) is 11.1. The fraction of sp³-hybridized carbons (Fsp3) is 0.500. The van der Waals surface area contributed by atoms with Gasteiger partial charge < -0.3 is 10.6 Å². The molecule has 0 aliphatic carbocycles. The van der Waals surface area contributed by atoms with Gasteiger partial charge in [0.1, 0.15) is 5.84 Å². The van der Waals surface area contributed by atoms with Crippen molar-refractivity contribution in [1.29, 1.82) is 5.41 Å². The Morgan fingerprint density at radius 2 is 1.94 bits per heavy atom. The molecule has 0 atom stereocenters. The van der Waals surface area contributed by atoms with Crippen LogP contribution in [0.4, 0.5) is 5.69 Å². The summed E-state index contributed by atoms with van der Waals surface area (Å²) in [6, 6.07) is 6.24. The lowest BCUT2D eigenvalue weighted by molar-refractivity contribution is 0.570. The number of benzene rings is 1. The number of nitrogens with one attached hydrogen (secondary N) is 1. The van der Waals surface area contributed by atoms with E-state index in [1.54, 1.807) is 0 Å². The number of hydrogen-bond donors (Lipinski definition) is 2. The summed E-state index contributed by atoms with van der Waals surface area (Å²) < 4.78 is 1.01. The smallest absolute Gasteiger partial charge is 0.124 e. The van der Waals surface area contributed by atoms with Crippen LogP contribution in [0.3, 0.4) is 0 Å². The molecule has 0 bridgehead atoms. The second kappa shape index (κ2) is 6.23. The van der Waals surface area contributed by atoms with Gasteiger partial charge in [0.05, 0.1) is 0 Å². The zero-order valence-corrected chi connectivity index (χ0v) is 13.1. The van der Waals surface area contributed by atoms with Crippen LogP contribution in [0.15, 0.2) is 22.7 Å². The molecule has 1 aromatic carbocycles. The Morgan fingerprint density at radius 3 is 2.39 bits per heavy atom. The van der Waals surface area contributed by atoms with Crippen LogP contribution in [-0.2, 0) is 0 Å². The van der Waals surface area contributed by atoms with Crippen molar-refractivity contribution in [2.45, 2.75) is 33.7 Å². The van der Waals surface area contributed by atoms with E-state index >= 15 is 0 Å². The lowest BCUT2D eigenvalue weighted by atomic mass is 10.1. The molecule has 1 rings (SSSR count). The number of nitrogens with two attached hydrogens (primary N) is 1. The second-order valence-electron chi connectivity index (χ2n) is 5.22. The Bertz CT molecular complexity index is 427. The van der Waals surface area contributed by atoms with Crippen LogP contribution in [0.25, 0.3) is 0 Å². The summed E-state index contributed by atoms with van der Waals surface area (Å²) in [5.41, 5.74) is 7.50. The molecule has 4 heteroatoms. The molecule has 0 spiro atoms. The van der Waals surface area contributed by atoms with Gasteiger partial charge in [0.15, 0.2) is 0 Å². The summed E-state index contributed by atoms with van der Waals surface area (Å²) in [7, 11) is 0. The van der Waals surface area contributed by atoms with Crippen molar-refractivity contribution in [2.24, 2.45) is 11.7 Å². The first-order chi connectivity index (χ1) is 8.32. The van der Waals surface area contributed by atoms with Crippen LogP contribution in [0.2, 0.25) is 0 Å². The summed E-state index contributed by atoms with van der Waals surface area (Å²) in [5.74, 6) is 0.679. The number of anilines is 1. The van der Waals surface area contributed by atoms with E-state index in [4.69, 9.17) is 11.1 Å². The van der Waals surface area contributed by atoms with Gasteiger partial charge in [-0.25, -0.2) is 0 Å². The fourth-order valence-electron chi connectivity index (χ4n) is 1.95. The highest BCUT2D eigenvalue weighted by Gasteiger charge is 2.17. The highest BCUT2D eigenvalue weighted by molar-refractivity contribution is 9.10. The van der Waals surface area contributed by atoms with Crippen LogP contribution in [0.1, 0.15) is 33.3 Å². The third kappa shape index (κ3) is 3.73. The van der Waals surface area contributed by atoms with E-state index in [1.165, 1.54) is 0 Å². The predicted molar refractivity (Wildman–Crippen MR) is 82.5 cm³/mol. The van der Waals surface area contributed by atoms with Crippen molar-refractivity contribution < 1.29 is 0 Å². The van der Waals surface area contributed by atoms with Gasteiger partial charge in [-0.3, -0.25) is 5.41 Å². The molecular weight excluding hydrogens is 290 g/mol. The first-order valence-corrected chi connectivity index (χ1v) is 7.02. The highest BCUT2D eigenvalue weighted by atomic mass is 79.9. The number of amidine groups is 1. The van der Waals surface area contributed by atoms with Crippen LogP contribution >= 0.6 is 15.9 Å². The minimum absolute atomic E-state index is 0.118. The lowest BCUT2D eigenvalue weighted by Crippen LogP contribution is -2.35. The molecule has 0 heterocycles. The molecule has 3 nitrogen and oxygen atoms in total. The van der Waals surface area contributed by atoms with Crippen molar-refractivity contribution in [2.75, 3.05) is 11.4 Å². The molecule has 0 aliphatic rings. The van der Waals surface area contributed by atoms with Gasteiger partial charge in [-0.15, -0.1) is 0 Å². The number of rotatable bonds is 5. The maximum atomic E-state index is 7.70. The van der Waals surface area contributed by atoms with Crippen molar-refractivity contribution in [3.05, 3.63) is 28.2 Å². The van der Waals surface area contributed by atoms with E-state index in [9.17, 15) is 0 Å². The predicted octanol–water partition coefficient (Wildman–Crippen LogP) is 3.60. The number of hydrogen-bond acceptors (Lipinski definition) is 2. The molecule has 1 aromatic rings. The van der Waals surface area contributed by atoms with Crippen LogP contribution in [0.5, 0.6) is 0 Å². The summed E-state index contributed by atoms with van der Waals surface area (Å²) in [6.45, 7) is 9.66. The van der Waals surface area contributed by atoms with Crippen molar-refractivity contribution in [1.82, 2.24) is 0 Å². The first-order valence-electron chi connectivity index (χ1n) is 6.23. The lowest BCUT2D eigenvalue weighted by Gasteiger charge is -2.32. The Kier molecular flexibility index (Phi) is 5.20. The Balaban J connectivity index is 3.25. The number of nitrogen functional groups attached to an aromatic ring is 1. The quantitative estimate of drug-likeness (QED) is 0.645. The van der Waals surface area contributed by atoms with Gasteiger partial charge >= 0.3 is 0 Å². The minimum Gasteiger partial charge on any atom is -0.384 e. The molecule has 0 aliphatic heterocycles. The maximum absolute atomic E-state index is 7.70. The molecular formula is C14H22BrN3. The van der Waals surface area contributed by atoms with Crippen LogP contribution in [-0.4, -0.2) is 18.4 Å². The van der Waals surface area contributed by atoms with Gasteiger partial charge in [-0.1, -0.05) is 29.8 Å². The first kappa shape index (κ1) is 15.0. The Morgan fingerprint density at radius 1 is 1.33 bits per heavy atom. The Hall–Kier alpha value is -1.03. The average Bonchev–Trinajstić information content (AvgIpc) is 2.24. The largest absolute Gasteiger partial charge is 0.384 e. The molecule has 18 heavy (non-hydrogen) atoms. The van der Waals surface area contributed by atoms with E-state index < -0.39 is 0 Å². The fourth-order valence-corrected chi connectivity index (χ4v) is 2.30. The van der Waals surface area contributed by atoms with Crippen molar-refractivity contribution in [3.63, 3.8) is 0 Å². The molecule has 0 unspecified atom stereocenters. The number of halogens is 1. The summed E-state index contributed by atoms with van der Waals surface area (Å²) >= 11 is 3.49. The maximum Gasteiger partial charge on any atom is 0.124 e. The van der Waals surface area contributed by atoms with Gasteiger partial charge in [-0.05, 0) is 38.0 Å². The minimum atomic E-state index is 0.118. The summed E-state index contributed by atoms with van der Waals surface area (Å²) in [5, 5.41) is 7.70. The second-order valence-corrected chi connectivity index (χ2v) is 6.13. The molecule has 3 N–H and O–H groups in total. The topological polar surface area (TPSA) is 53.1 Å². The van der Waals surface area contributed by atoms with E-state index in [0.29, 0.717) is 12.0 Å². The van der Waals surface area contributed by atoms with E-state index in [0.717, 1.165) is 22.3 Å². The molecule has 0 radical (unpaired) electrons. The monoisotopic (exact) mass is 311 g/mol. The van der Waals surface area contributed by atoms with Gasteiger partial charge in [0.2, 0.25) is 0 Å². The zero-order chi connectivity index (χ0) is 13.9. The van der Waals surface area contributed by atoms with Crippen LogP contribution < -0.4 is 10.6 Å². The molecule has 0 fully saturated rings. The SMILES string of the molecule is CC(C)CN(c1cc(Br)ccc1C(=N)N)C(C)C. The molecule has 0 amide bonds. The van der Waals surface area contributed by atoms with Gasteiger partial charge in [-0.2, -0.15) is 0 Å². The molecule has 0 saturated carbocycles. The third-order valence-corrected chi connectivity index (χ3v) is 3.24. The van der Waals surface area contributed by atoms with Crippen LogP contribution in [0, 0.1) is 11.3 Å². The Labute approximate surface area is 118 Å². The highest BCUT2D eigenvalue weighted by Crippen LogP contribution is 2.27. The number of nitrogens with zero attached hydrogens (tertiary/aromatic N) is 1. The summed E-state index contributed by atoms with van der Waals surface area (Å²) in [6.07, 6.45) is 0. The van der Waals surface area contributed by atoms with Gasteiger partial charge in [0, 0.05) is 28.3 Å². The average molecular weight is 312 g/mol. The molecule has 0 saturated heterocycles. The van der Waals surface area contributed by atoms with E-state index in [1.807, 2.05) is 18.2 Å². The molecule has 100 valence electrons. The third-order valence-electron chi connectivity index (χ3n) is 2.74. The van der Waals surface area contributed by atoms with E-state index in [-0.39, 0.29) is 5.84 Å². The van der Waals surface area contributed by atoms with E-state index in [2.05, 4.69) is 48.5 Å². The molecule has 0 aromatic heterocycles.